The fourth-order valence-electron chi connectivity index (χ4n) is 2.66. The molecule has 3 aromatic carbocycles. The number of carbonyl (C=O) groups excluding carboxylic acids is 1. The van der Waals surface area contributed by atoms with Crippen LogP contribution in [0.15, 0.2) is 77.9 Å². The quantitative estimate of drug-likeness (QED) is 0.207. The van der Waals surface area contributed by atoms with Crippen molar-refractivity contribution in [2.24, 2.45) is 5.10 Å². The van der Waals surface area contributed by atoms with E-state index in [4.69, 9.17) is 4.74 Å². The van der Waals surface area contributed by atoms with Crippen molar-refractivity contribution in [3.63, 3.8) is 0 Å². The van der Waals surface area contributed by atoms with Gasteiger partial charge in [0.25, 0.3) is 0 Å². The third-order valence-corrected chi connectivity index (χ3v) is 5.74. The van der Waals surface area contributed by atoms with Crippen LogP contribution >= 0.6 is 45.2 Å². The molecule has 0 saturated carbocycles. The van der Waals surface area contributed by atoms with E-state index < -0.39 is 0 Å². The van der Waals surface area contributed by atoms with Gasteiger partial charge in [0.15, 0.2) is 0 Å². The molecule has 0 heterocycles. The van der Waals surface area contributed by atoms with Crippen molar-refractivity contribution in [3.8, 4) is 5.75 Å². The second-order valence-electron chi connectivity index (χ2n) is 6.37. The minimum Gasteiger partial charge on any atom is -0.487 e. The van der Waals surface area contributed by atoms with Gasteiger partial charge in [-0.3, -0.25) is 4.79 Å². The number of benzene rings is 3. The smallest absolute Gasteiger partial charge is 0.240 e. The molecule has 0 aliphatic rings. The average molecular weight is 610 g/mol. The number of nitrogens with one attached hydrogen (secondary N) is 1. The second kappa shape index (κ2) is 11.3. The van der Waals surface area contributed by atoms with Gasteiger partial charge >= 0.3 is 0 Å². The zero-order valence-electron chi connectivity index (χ0n) is 15.6. The van der Waals surface area contributed by atoms with Crippen LogP contribution < -0.4 is 10.2 Å². The summed E-state index contributed by atoms with van der Waals surface area (Å²) in [6.07, 6.45) is 2.76. The first-order chi connectivity index (χ1) is 14.1. The lowest BCUT2D eigenvalue weighted by Crippen LogP contribution is -2.17. The normalized spacial score (nSPS) is 10.8. The first-order valence-electron chi connectivity index (χ1n) is 9.13. The number of hydrazone groups is 1. The highest BCUT2D eigenvalue weighted by Crippen LogP contribution is 2.29. The van der Waals surface area contributed by atoms with Crippen molar-refractivity contribution in [2.75, 3.05) is 0 Å². The molecule has 4 nitrogen and oxygen atoms in total. The molecule has 0 bridgehead atoms. The molecule has 1 N–H and O–H groups in total. The van der Waals surface area contributed by atoms with Gasteiger partial charge in [0.1, 0.15) is 12.4 Å². The highest BCUT2D eigenvalue weighted by Gasteiger charge is 2.09. The zero-order valence-corrected chi connectivity index (χ0v) is 20.0. The van der Waals surface area contributed by atoms with Crippen molar-refractivity contribution < 1.29 is 9.53 Å². The van der Waals surface area contributed by atoms with Gasteiger partial charge in [-0.15, -0.1) is 0 Å². The molecular weight excluding hydrogens is 590 g/mol. The van der Waals surface area contributed by atoms with E-state index in [1.54, 1.807) is 6.21 Å². The molecule has 0 unspecified atom stereocenters. The lowest BCUT2D eigenvalue weighted by molar-refractivity contribution is -0.121. The van der Waals surface area contributed by atoms with Gasteiger partial charge in [-0.1, -0.05) is 60.7 Å². The van der Waals surface area contributed by atoms with Gasteiger partial charge in [0.05, 0.1) is 13.4 Å². The first kappa shape index (κ1) is 21.8. The minimum atomic E-state index is -0.0997. The van der Waals surface area contributed by atoms with Crippen molar-refractivity contribution in [1.29, 1.82) is 0 Å². The summed E-state index contributed by atoms with van der Waals surface area (Å²) in [5.74, 6) is 0.761. The zero-order chi connectivity index (χ0) is 20.5. The SMILES string of the molecule is O=C(CCc1ccccc1)N/N=C\c1cc(I)c(OCc2ccccc2)c(I)c1. The number of aryl methyl sites for hydroxylation is 1. The third kappa shape index (κ3) is 7.11. The van der Waals surface area contributed by atoms with E-state index in [-0.39, 0.29) is 5.91 Å². The third-order valence-electron chi connectivity index (χ3n) is 4.13. The van der Waals surface area contributed by atoms with E-state index in [9.17, 15) is 4.79 Å². The minimum absolute atomic E-state index is 0.0997. The Hall–Kier alpha value is -1.94. The number of carbonyl (C=O) groups is 1. The fourth-order valence-corrected chi connectivity index (χ4v) is 4.79. The second-order valence-corrected chi connectivity index (χ2v) is 8.69. The summed E-state index contributed by atoms with van der Waals surface area (Å²) < 4.78 is 8.00. The van der Waals surface area contributed by atoms with Crippen molar-refractivity contribution in [1.82, 2.24) is 5.43 Å². The fraction of sp³-hybridized carbons (Fsp3) is 0.130. The number of amides is 1. The number of hydrogen-bond acceptors (Lipinski definition) is 3. The molecule has 148 valence electrons. The van der Waals surface area contributed by atoms with E-state index >= 15 is 0 Å². The molecule has 0 saturated heterocycles. The first-order valence-corrected chi connectivity index (χ1v) is 11.3. The summed E-state index contributed by atoms with van der Waals surface area (Å²) in [5.41, 5.74) is 5.78. The maximum absolute atomic E-state index is 12.0. The van der Waals surface area contributed by atoms with Crippen LogP contribution in [0.1, 0.15) is 23.1 Å². The van der Waals surface area contributed by atoms with E-state index in [0.29, 0.717) is 19.4 Å². The van der Waals surface area contributed by atoms with E-state index in [1.807, 2.05) is 72.8 Å². The lowest BCUT2D eigenvalue weighted by Gasteiger charge is -2.11. The summed E-state index contributed by atoms with van der Waals surface area (Å²) in [5, 5.41) is 4.09. The van der Waals surface area contributed by atoms with Crippen molar-refractivity contribution in [2.45, 2.75) is 19.4 Å². The predicted octanol–water partition coefficient (Wildman–Crippen LogP) is 5.56. The van der Waals surface area contributed by atoms with Gasteiger partial charge in [0, 0.05) is 6.42 Å². The molecule has 1 amide bonds. The Morgan fingerprint density at radius 3 is 2.14 bits per heavy atom. The Morgan fingerprint density at radius 1 is 0.931 bits per heavy atom. The number of nitrogens with zero attached hydrogens (tertiary/aromatic N) is 1. The molecule has 29 heavy (non-hydrogen) atoms. The summed E-state index contributed by atoms with van der Waals surface area (Å²) >= 11 is 4.52. The topological polar surface area (TPSA) is 50.7 Å². The highest BCUT2D eigenvalue weighted by molar-refractivity contribution is 14.1. The molecule has 0 radical (unpaired) electrons. The van der Waals surface area contributed by atoms with Crippen molar-refractivity contribution >= 4 is 57.3 Å². The maximum atomic E-state index is 12.0. The molecule has 3 rings (SSSR count). The van der Waals surface area contributed by atoms with Gasteiger partial charge in [-0.25, -0.2) is 5.43 Å². The number of ether oxygens (including phenoxy) is 1. The molecule has 3 aromatic rings. The van der Waals surface area contributed by atoms with Crippen LogP contribution in [0.5, 0.6) is 5.75 Å². The van der Waals surface area contributed by atoms with Crippen LogP contribution in [0.4, 0.5) is 0 Å². The van der Waals surface area contributed by atoms with Crippen LogP contribution in [0, 0.1) is 7.14 Å². The molecule has 0 fully saturated rings. The molecule has 0 spiro atoms. The van der Waals surface area contributed by atoms with Crippen molar-refractivity contribution in [3.05, 3.63) is 96.6 Å². The van der Waals surface area contributed by atoms with Crippen LogP contribution in [-0.4, -0.2) is 12.1 Å². The average Bonchev–Trinajstić information content (AvgIpc) is 2.73. The van der Waals surface area contributed by atoms with Gasteiger partial charge in [-0.05, 0) is 80.4 Å². The Balaban J connectivity index is 1.53. The Kier molecular flexibility index (Phi) is 8.48. The summed E-state index contributed by atoms with van der Waals surface area (Å²) in [4.78, 5) is 12.0. The largest absolute Gasteiger partial charge is 0.487 e. The molecule has 0 aliphatic carbocycles. The standard InChI is InChI=1S/C23H20I2N2O2/c24-20-13-19(14-21(25)23(20)29-16-18-9-5-2-6-10-18)15-26-27-22(28)12-11-17-7-3-1-4-8-17/h1-10,13-15H,11-12,16H2,(H,27,28)/b26-15-. The van der Waals surface area contributed by atoms with E-state index in [1.165, 1.54) is 0 Å². The molecule has 0 aromatic heterocycles. The van der Waals surface area contributed by atoms with E-state index in [0.717, 1.165) is 29.6 Å². The number of hydrogen-bond donors (Lipinski definition) is 1. The summed E-state index contributed by atoms with van der Waals surface area (Å²) in [6.45, 7) is 0.526. The predicted molar refractivity (Wildman–Crippen MR) is 133 cm³/mol. The van der Waals surface area contributed by atoms with Gasteiger partial charge < -0.3 is 4.74 Å². The molecule has 6 heteroatoms. The van der Waals surface area contributed by atoms with Crippen LogP contribution in [0.2, 0.25) is 0 Å². The Bertz CT molecular complexity index is 954. The monoisotopic (exact) mass is 610 g/mol. The maximum Gasteiger partial charge on any atom is 0.240 e. The Morgan fingerprint density at radius 2 is 1.52 bits per heavy atom. The van der Waals surface area contributed by atoms with Gasteiger partial charge in [0.2, 0.25) is 5.91 Å². The number of halogens is 2. The Labute approximate surface area is 198 Å². The van der Waals surface area contributed by atoms with Gasteiger partial charge in [-0.2, -0.15) is 5.10 Å². The summed E-state index contributed by atoms with van der Waals surface area (Å²) in [7, 11) is 0. The number of rotatable bonds is 8. The summed E-state index contributed by atoms with van der Waals surface area (Å²) in [6, 6.07) is 24.0. The molecule has 0 aliphatic heterocycles. The van der Waals surface area contributed by atoms with Crippen LogP contribution in [-0.2, 0) is 17.8 Å². The molecular formula is C23H20I2N2O2. The van der Waals surface area contributed by atoms with E-state index in [2.05, 4.69) is 55.7 Å². The van der Waals surface area contributed by atoms with Crippen LogP contribution in [0.25, 0.3) is 0 Å². The lowest BCUT2D eigenvalue weighted by atomic mass is 10.1. The molecule has 0 atom stereocenters. The highest BCUT2D eigenvalue weighted by atomic mass is 127. The van der Waals surface area contributed by atoms with Crippen LogP contribution in [0.3, 0.4) is 0 Å².